The van der Waals surface area contributed by atoms with Crippen molar-refractivity contribution in [2.24, 2.45) is 5.41 Å². The van der Waals surface area contributed by atoms with Crippen LogP contribution in [0.4, 0.5) is 0 Å². The third-order valence-electron chi connectivity index (χ3n) is 4.91. The molecule has 0 fully saturated rings. The Bertz CT molecular complexity index is 725. The Morgan fingerprint density at radius 1 is 1.42 bits per heavy atom. The van der Waals surface area contributed by atoms with Gasteiger partial charge in [-0.3, -0.25) is 4.79 Å². The lowest BCUT2D eigenvalue weighted by atomic mass is 9.71. The summed E-state index contributed by atoms with van der Waals surface area (Å²) in [7, 11) is 0. The van der Waals surface area contributed by atoms with Gasteiger partial charge < -0.3 is 4.98 Å². The number of fused-ring (bicyclic) bond motifs is 5. The predicted molar refractivity (Wildman–Crippen MR) is 74.7 cm³/mol. The van der Waals surface area contributed by atoms with Gasteiger partial charge in [-0.2, -0.15) is 0 Å². The van der Waals surface area contributed by atoms with Crippen LogP contribution in [0.3, 0.4) is 0 Å². The Balaban J connectivity index is 2.02. The molecule has 1 aromatic carbocycles. The Hall–Kier alpha value is -1.90. The number of aromatic nitrogens is 2. The highest BCUT2D eigenvalue weighted by Gasteiger charge is 2.43. The second-order valence-corrected chi connectivity index (χ2v) is 5.73. The summed E-state index contributed by atoms with van der Waals surface area (Å²) >= 11 is 0. The number of carbonyl (C=O) groups excluding carboxylic acids is 1. The standard InChI is InChI=1S/C16H16N2O/c1-2-16-6-5-10(19)7-13(16)11-3-4-14-15(12(11)8-16)18-9-17-14/h3-4,7,9H,2,5-6,8H2,1H3,(H,17,18). The zero-order valence-corrected chi connectivity index (χ0v) is 11.0. The molecule has 4 rings (SSSR count). The zero-order valence-electron chi connectivity index (χ0n) is 11.0. The monoisotopic (exact) mass is 252 g/mol. The Morgan fingerprint density at radius 2 is 2.32 bits per heavy atom. The third kappa shape index (κ3) is 1.33. The summed E-state index contributed by atoms with van der Waals surface area (Å²) in [5.41, 5.74) is 6.16. The van der Waals surface area contributed by atoms with Crippen LogP contribution in [-0.4, -0.2) is 15.8 Å². The summed E-state index contributed by atoms with van der Waals surface area (Å²) < 4.78 is 0. The number of rotatable bonds is 1. The Morgan fingerprint density at radius 3 is 3.16 bits per heavy atom. The van der Waals surface area contributed by atoms with E-state index in [9.17, 15) is 4.79 Å². The van der Waals surface area contributed by atoms with Crippen molar-refractivity contribution in [3.8, 4) is 0 Å². The van der Waals surface area contributed by atoms with E-state index in [2.05, 4.69) is 29.0 Å². The van der Waals surface area contributed by atoms with E-state index in [0.29, 0.717) is 6.42 Å². The molecule has 1 aromatic heterocycles. The fourth-order valence-electron chi connectivity index (χ4n) is 3.76. The topological polar surface area (TPSA) is 45.8 Å². The van der Waals surface area contributed by atoms with E-state index in [0.717, 1.165) is 30.3 Å². The van der Waals surface area contributed by atoms with Crippen molar-refractivity contribution in [3.63, 3.8) is 0 Å². The molecule has 0 amide bonds. The molecular formula is C16H16N2O. The van der Waals surface area contributed by atoms with Gasteiger partial charge in [-0.25, -0.2) is 4.98 Å². The van der Waals surface area contributed by atoms with Gasteiger partial charge in [0.05, 0.1) is 17.4 Å². The van der Waals surface area contributed by atoms with Crippen molar-refractivity contribution in [2.45, 2.75) is 32.6 Å². The summed E-state index contributed by atoms with van der Waals surface area (Å²) in [4.78, 5) is 19.4. The van der Waals surface area contributed by atoms with Gasteiger partial charge in [-0.1, -0.05) is 13.0 Å². The number of allylic oxidation sites excluding steroid dienone is 2. The molecule has 0 saturated heterocycles. The molecule has 19 heavy (non-hydrogen) atoms. The van der Waals surface area contributed by atoms with E-state index in [1.807, 2.05) is 6.08 Å². The lowest BCUT2D eigenvalue weighted by Crippen LogP contribution is -2.24. The fraction of sp³-hybridized carbons (Fsp3) is 0.375. The Kier molecular flexibility index (Phi) is 2.06. The number of nitrogens with zero attached hydrogens (tertiary/aromatic N) is 1. The molecule has 1 heterocycles. The van der Waals surface area contributed by atoms with Gasteiger partial charge in [0.25, 0.3) is 0 Å². The van der Waals surface area contributed by atoms with E-state index in [1.165, 1.54) is 16.7 Å². The number of aromatic amines is 1. The molecule has 3 nitrogen and oxygen atoms in total. The van der Waals surface area contributed by atoms with E-state index in [-0.39, 0.29) is 11.2 Å². The molecule has 0 bridgehead atoms. The molecule has 2 aliphatic carbocycles. The first-order valence-electron chi connectivity index (χ1n) is 6.94. The van der Waals surface area contributed by atoms with Crippen molar-refractivity contribution in [3.05, 3.63) is 35.7 Å². The maximum Gasteiger partial charge on any atom is 0.156 e. The van der Waals surface area contributed by atoms with Crippen LogP contribution in [0.25, 0.3) is 16.6 Å². The first-order chi connectivity index (χ1) is 9.23. The summed E-state index contributed by atoms with van der Waals surface area (Å²) in [6.07, 6.45) is 7.43. The summed E-state index contributed by atoms with van der Waals surface area (Å²) in [6.45, 7) is 2.23. The number of carbonyl (C=O) groups is 1. The molecule has 1 unspecified atom stereocenters. The SMILES string of the molecule is CCC12CCC(=O)C=C1c1ccc3[nH]cnc3c1C2. The molecule has 0 saturated carbocycles. The number of ketones is 1. The zero-order chi connectivity index (χ0) is 13.0. The van der Waals surface area contributed by atoms with Crippen molar-refractivity contribution in [1.82, 2.24) is 9.97 Å². The van der Waals surface area contributed by atoms with Crippen LogP contribution in [0, 0.1) is 5.41 Å². The second-order valence-electron chi connectivity index (χ2n) is 5.73. The van der Waals surface area contributed by atoms with Gasteiger partial charge >= 0.3 is 0 Å². The predicted octanol–water partition coefficient (Wildman–Crippen LogP) is 3.26. The Labute approximate surface area is 111 Å². The highest BCUT2D eigenvalue weighted by atomic mass is 16.1. The van der Waals surface area contributed by atoms with Gasteiger partial charge in [-0.15, -0.1) is 0 Å². The van der Waals surface area contributed by atoms with Crippen LogP contribution in [-0.2, 0) is 11.2 Å². The van der Waals surface area contributed by atoms with Crippen LogP contribution in [0.5, 0.6) is 0 Å². The number of nitrogens with one attached hydrogen (secondary N) is 1. The maximum atomic E-state index is 11.8. The van der Waals surface area contributed by atoms with Crippen LogP contribution >= 0.6 is 0 Å². The molecule has 2 aliphatic rings. The summed E-state index contributed by atoms with van der Waals surface area (Å²) in [5, 5.41) is 0. The van der Waals surface area contributed by atoms with Gasteiger partial charge in [0.1, 0.15) is 0 Å². The number of imidazole rings is 1. The lowest BCUT2D eigenvalue weighted by molar-refractivity contribution is -0.115. The summed E-state index contributed by atoms with van der Waals surface area (Å²) in [6, 6.07) is 4.23. The highest BCUT2D eigenvalue weighted by Crippen LogP contribution is 2.54. The molecule has 1 atom stereocenters. The largest absolute Gasteiger partial charge is 0.345 e. The molecule has 3 heteroatoms. The smallest absolute Gasteiger partial charge is 0.156 e. The number of hydrogen-bond acceptors (Lipinski definition) is 2. The molecule has 0 spiro atoms. The molecule has 96 valence electrons. The number of benzene rings is 1. The molecular weight excluding hydrogens is 236 g/mol. The minimum atomic E-state index is 0.170. The molecule has 1 N–H and O–H groups in total. The second kappa shape index (κ2) is 3.56. The fourth-order valence-corrected chi connectivity index (χ4v) is 3.76. The van der Waals surface area contributed by atoms with E-state index >= 15 is 0 Å². The quantitative estimate of drug-likeness (QED) is 0.846. The molecule has 2 aromatic rings. The number of hydrogen-bond donors (Lipinski definition) is 1. The van der Waals surface area contributed by atoms with Crippen LogP contribution in [0.1, 0.15) is 37.3 Å². The third-order valence-corrected chi connectivity index (χ3v) is 4.91. The first-order valence-corrected chi connectivity index (χ1v) is 6.94. The average Bonchev–Trinajstić information content (AvgIpc) is 3.00. The van der Waals surface area contributed by atoms with Gasteiger partial charge in [0, 0.05) is 11.8 Å². The van der Waals surface area contributed by atoms with E-state index in [4.69, 9.17) is 0 Å². The first kappa shape index (κ1) is 11.0. The van der Waals surface area contributed by atoms with Crippen LogP contribution < -0.4 is 0 Å². The van der Waals surface area contributed by atoms with Gasteiger partial charge in [-0.05, 0) is 48.1 Å². The highest BCUT2D eigenvalue weighted by molar-refractivity contribution is 6.03. The maximum absolute atomic E-state index is 11.8. The van der Waals surface area contributed by atoms with Gasteiger partial charge in [0.2, 0.25) is 0 Å². The number of H-pyrrole nitrogens is 1. The summed E-state index contributed by atoms with van der Waals surface area (Å²) in [5.74, 6) is 0.272. The normalized spacial score (nSPS) is 25.3. The van der Waals surface area contributed by atoms with Crippen molar-refractivity contribution >= 4 is 22.4 Å². The molecule has 0 radical (unpaired) electrons. The molecule has 0 aliphatic heterocycles. The lowest BCUT2D eigenvalue weighted by Gasteiger charge is -2.32. The van der Waals surface area contributed by atoms with Gasteiger partial charge in [0.15, 0.2) is 5.78 Å². The van der Waals surface area contributed by atoms with Crippen LogP contribution in [0.15, 0.2) is 24.5 Å². The van der Waals surface area contributed by atoms with Crippen molar-refractivity contribution < 1.29 is 4.79 Å². The average molecular weight is 252 g/mol. The van der Waals surface area contributed by atoms with E-state index < -0.39 is 0 Å². The minimum Gasteiger partial charge on any atom is -0.345 e. The van der Waals surface area contributed by atoms with Crippen LogP contribution in [0.2, 0.25) is 0 Å². The minimum absolute atomic E-state index is 0.170. The van der Waals surface area contributed by atoms with Crippen molar-refractivity contribution in [2.75, 3.05) is 0 Å². The van der Waals surface area contributed by atoms with Crippen molar-refractivity contribution in [1.29, 1.82) is 0 Å². The van der Waals surface area contributed by atoms with E-state index in [1.54, 1.807) is 6.33 Å².